The summed E-state index contributed by atoms with van der Waals surface area (Å²) in [5.74, 6) is 0.0423. The Bertz CT molecular complexity index is 581. The van der Waals surface area contributed by atoms with E-state index in [1.807, 2.05) is 6.07 Å². The Morgan fingerprint density at radius 1 is 1.32 bits per heavy atom. The summed E-state index contributed by atoms with van der Waals surface area (Å²) in [4.78, 5) is 2.31. The molecule has 0 saturated carbocycles. The van der Waals surface area contributed by atoms with Gasteiger partial charge in [0.2, 0.25) is 0 Å². The number of fused-ring (bicyclic) bond motifs is 1. The number of halogens is 2. The first-order chi connectivity index (χ1) is 10.3. The molecular formula is C18H25FINO. The molecule has 4 heteroatoms. The summed E-state index contributed by atoms with van der Waals surface area (Å²) in [5, 5.41) is 11.8. The molecule has 2 aliphatic rings. The Hall–Kier alpha value is -0.200. The number of aliphatic hydroxyl groups is 1. The fourth-order valence-corrected chi connectivity index (χ4v) is 5.30. The minimum atomic E-state index is -0.911. The molecule has 1 N–H and O–H groups in total. The van der Waals surface area contributed by atoms with Crippen molar-refractivity contribution in [2.75, 3.05) is 20.1 Å². The van der Waals surface area contributed by atoms with Gasteiger partial charge in [-0.25, -0.2) is 4.39 Å². The van der Waals surface area contributed by atoms with Crippen molar-refractivity contribution in [3.05, 3.63) is 34.6 Å². The number of rotatable bonds is 2. The first-order valence-electron chi connectivity index (χ1n) is 8.09. The number of nitrogens with zero attached hydrogens (tertiary/aromatic N) is 1. The van der Waals surface area contributed by atoms with Crippen LogP contribution >= 0.6 is 22.6 Å². The first kappa shape index (κ1) is 16.7. The second-order valence-electron chi connectivity index (χ2n) is 7.60. The van der Waals surface area contributed by atoms with Gasteiger partial charge in [-0.3, -0.25) is 0 Å². The molecule has 2 nitrogen and oxygen atoms in total. The second kappa shape index (κ2) is 5.71. The molecule has 1 heterocycles. The van der Waals surface area contributed by atoms with E-state index in [0.717, 1.165) is 43.5 Å². The third kappa shape index (κ3) is 2.33. The topological polar surface area (TPSA) is 23.5 Å². The average molecular weight is 417 g/mol. The highest BCUT2D eigenvalue weighted by atomic mass is 127. The van der Waals surface area contributed by atoms with Crippen LogP contribution in [0.5, 0.6) is 0 Å². The van der Waals surface area contributed by atoms with Crippen LogP contribution in [0.25, 0.3) is 0 Å². The minimum absolute atomic E-state index is 0.169. The number of alkyl halides is 1. The summed E-state index contributed by atoms with van der Waals surface area (Å²) in [6.45, 7) is 6.29. The van der Waals surface area contributed by atoms with Gasteiger partial charge < -0.3 is 10.0 Å². The van der Waals surface area contributed by atoms with Crippen LogP contribution < -0.4 is 0 Å². The SMILES string of the molecule is CN1CCC(C2(O)c3c(ccc(F)c3CI)CC2(C)C)CC1. The molecule has 0 bridgehead atoms. The smallest absolute Gasteiger partial charge is 0.127 e. The van der Waals surface area contributed by atoms with E-state index in [9.17, 15) is 9.50 Å². The summed E-state index contributed by atoms with van der Waals surface area (Å²) >= 11 is 2.22. The lowest BCUT2D eigenvalue weighted by atomic mass is 9.65. The maximum atomic E-state index is 14.3. The molecule has 0 amide bonds. The van der Waals surface area contributed by atoms with Gasteiger partial charge in [0.15, 0.2) is 0 Å². The van der Waals surface area contributed by atoms with Crippen molar-refractivity contribution in [2.45, 2.75) is 43.1 Å². The Kier molecular flexibility index (Phi) is 4.32. The quantitative estimate of drug-likeness (QED) is 0.584. The van der Waals surface area contributed by atoms with Crippen LogP contribution in [0, 0.1) is 17.2 Å². The summed E-state index contributed by atoms with van der Waals surface area (Å²) in [5.41, 5.74) is 1.60. The molecule has 1 aromatic rings. The lowest BCUT2D eigenvalue weighted by molar-refractivity contribution is -0.122. The number of piperidine rings is 1. The van der Waals surface area contributed by atoms with E-state index in [1.165, 1.54) is 0 Å². The van der Waals surface area contributed by atoms with Gasteiger partial charge in [-0.05, 0) is 62.5 Å². The molecule has 1 aliphatic heterocycles. The van der Waals surface area contributed by atoms with Crippen LogP contribution in [0.2, 0.25) is 0 Å². The van der Waals surface area contributed by atoms with Crippen LogP contribution in [-0.4, -0.2) is 30.1 Å². The van der Waals surface area contributed by atoms with Crippen LogP contribution in [0.4, 0.5) is 4.39 Å². The molecule has 3 rings (SSSR count). The van der Waals surface area contributed by atoms with Gasteiger partial charge in [0.05, 0.1) is 5.60 Å². The summed E-state index contributed by atoms with van der Waals surface area (Å²) in [6, 6.07) is 3.46. The summed E-state index contributed by atoms with van der Waals surface area (Å²) < 4.78 is 15.0. The van der Waals surface area contributed by atoms with Crippen molar-refractivity contribution in [3.63, 3.8) is 0 Å². The summed E-state index contributed by atoms with van der Waals surface area (Å²) in [7, 11) is 2.13. The molecule has 1 aromatic carbocycles. The fourth-order valence-electron chi connectivity index (χ4n) is 4.56. The highest BCUT2D eigenvalue weighted by Gasteiger charge is 2.56. The number of hydrogen-bond acceptors (Lipinski definition) is 2. The molecule has 1 unspecified atom stereocenters. The van der Waals surface area contributed by atoms with Gasteiger partial charge in [0.1, 0.15) is 5.82 Å². The van der Waals surface area contributed by atoms with E-state index in [1.54, 1.807) is 6.07 Å². The van der Waals surface area contributed by atoms with Crippen LogP contribution in [-0.2, 0) is 16.4 Å². The van der Waals surface area contributed by atoms with Crippen LogP contribution in [0.15, 0.2) is 12.1 Å². The van der Waals surface area contributed by atoms with E-state index in [2.05, 4.69) is 48.4 Å². The third-order valence-corrected chi connectivity index (χ3v) is 6.59. The first-order valence-corrected chi connectivity index (χ1v) is 9.61. The van der Waals surface area contributed by atoms with Gasteiger partial charge in [-0.1, -0.05) is 42.5 Å². The average Bonchev–Trinajstić information content (AvgIpc) is 2.68. The Labute approximate surface area is 146 Å². The zero-order valence-electron chi connectivity index (χ0n) is 13.6. The van der Waals surface area contributed by atoms with Gasteiger partial charge in [0.25, 0.3) is 0 Å². The van der Waals surface area contributed by atoms with Crippen molar-refractivity contribution in [2.24, 2.45) is 11.3 Å². The Morgan fingerprint density at radius 3 is 2.55 bits per heavy atom. The molecule has 122 valence electrons. The number of benzene rings is 1. The molecule has 22 heavy (non-hydrogen) atoms. The lowest BCUT2D eigenvalue weighted by Crippen LogP contribution is -2.49. The fraction of sp³-hybridized carbons (Fsp3) is 0.667. The maximum absolute atomic E-state index is 14.3. The standard InChI is InChI=1S/C18H25FINO/c1-17(2)10-12-4-5-15(19)14(11-20)16(12)18(17,22)13-6-8-21(3)9-7-13/h4-5,13,22H,6-11H2,1-3H3. The van der Waals surface area contributed by atoms with Crippen LogP contribution in [0.3, 0.4) is 0 Å². The predicted octanol–water partition coefficient (Wildman–Crippen LogP) is 3.87. The van der Waals surface area contributed by atoms with E-state index < -0.39 is 5.60 Å². The van der Waals surface area contributed by atoms with Crippen molar-refractivity contribution in [1.82, 2.24) is 4.90 Å². The molecule has 1 aliphatic carbocycles. The molecule has 1 saturated heterocycles. The van der Waals surface area contributed by atoms with Crippen molar-refractivity contribution < 1.29 is 9.50 Å². The van der Waals surface area contributed by atoms with Crippen molar-refractivity contribution >= 4 is 22.6 Å². The second-order valence-corrected chi connectivity index (χ2v) is 8.36. The van der Waals surface area contributed by atoms with E-state index in [4.69, 9.17) is 0 Å². The van der Waals surface area contributed by atoms with Crippen molar-refractivity contribution in [3.8, 4) is 0 Å². The van der Waals surface area contributed by atoms with Crippen molar-refractivity contribution in [1.29, 1.82) is 0 Å². The highest BCUT2D eigenvalue weighted by Crippen LogP contribution is 2.57. The zero-order chi connectivity index (χ0) is 16.1. The minimum Gasteiger partial charge on any atom is -0.384 e. The van der Waals surface area contributed by atoms with Gasteiger partial charge in [-0.15, -0.1) is 0 Å². The van der Waals surface area contributed by atoms with Gasteiger partial charge >= 0.3 is 0 Å². The molecule has 0 spiro atoms. The Morgan fingerprint density at radius 2 is 1.95 bits per heavy atom. The van der Waals surface area contributed by atoms with Gasteiger partial charge in [-0.2, -0.15) is 0 Å². The Balaban J connectivity index is 2.13. The van der Waals surface area contributed by atoms with E-state index in [0.29, 0.717) is 9.99 Å². The molecule has 1 fully saturated rings. The highest BCUT2D eigenvalue weighted by molar-refractivity contribution is 14.1. The molecule has 0 radical (unpaired) electrons. The monoisotopic (exact) mass is 417 g/mol. The molecular weight excluding hydrogens is 392 g/mol. The maximum Gasteiger partial charge on any atom is 0.127 e. The van der Waals surface area contributed by atoms with E-state index in [-0.39, 0.29) is 17.2 Å². The number of likely N-dealkylation sites (tertiary alicyclic amines) is 1. The van der Waals surface area contributed by atoms with Crippen LogP contribution in [0.1, 0.15) is 43.4 Å². The zero-order valence-corrected chi connectivity index (χ0v) is 15.8. The third-order valence-electron chi connectivity index (χ3n) is 5.83. The summed E-state index contributed by atoms with van der Waals surface area (Å²) in [6.07, 6.45) is 2.79. The normalized spacial score (nSPS) is 28.8. The number of hydrogen-bond donors (Lipinski definition) is 1. The van der Waals surface area contributed by atoms with E-state index >= 15 is 0 Å². The molecule has 0 aromatic heterocycles. The lowest BCUT2D eigenvalue weighted by Gasteiger charge is -2.47. The largest absolute Gasteiger partial charge is 0.384 e. The van der Waals surface area contributed by atoms with Gasteiger partial charge in [0, 0.05) is 15.4 Å². The molecule has 1 atom stereocenters. The predicted molar refractivity (Wildman–Crippen MR) is 95.7 cm³/mol.